The van der Waals surface area contributed by atoms with Crippen molar-refractivity contribution in [3.05, 3.63) is 23.5 Å². The molecule has 2 N–H and O–H groups in total. The van der Waals surface area contributed by atoms with Crippen LogP contribution in [0.2, 0.25) is 0 Å². The number of carboxylic acids is 1. The van der Waals surface area contributed by atoms with E-state index in [-0.39, 0.29) is 5.56 Å². The fourth-order valence-corrected chi connectivity index (χ4v) is 2.67. The number of carboxylic acid groups (broad SMARTS) is 1. The molecule has 5 nitrogen and oxygen atoms in total. The molecule has 1 saturated carbocycles. The van der Waals surface area contributed by atoms with Gasteiger partial charge in [0.25, 0.3) is 0 Å². The van der Waals surface area contributed by atoms with Gasteiger partial charge in [0.15, 0.2) is 9.84 Å². The normalized spacial score (nSPS) is 17.4. The standard InChI is InChI=1S/C11H11FO5S/c1-18(16,17)9-5-8(13)6(4-7(9)12)11(2-3-11)10(14)15/h4-5,13H,2-3H2,1H3,(H,14,15). The molecule has 0 saturated heterocycles. The molecule has 0 radical (unpaired) electrons. The van der Waals surface area contributed by atoms with Gasteiger partial charge in [-0.3, -0.25) is 4.79 Å². The fraction of sp³-hybridized carbons (Fsp3) is 0.364. The Labute approximate surface area is 103 Å². The monoisotopic (exact) mass is 274 g/mol. The average molecular weight is 274 g/mol. The first-order valence-electron chi connectivity index (χ1n) is 5.15. The molecule has 1 aromatic carbocycles. The largest absolute Gasteiger partial charge is 0.508 e. The van der Waals surface area contributed by atoms with Crippen LogP contribution in [0.4, 0.5) is 4.39 Å². The lowest BCUT2D eigenvalue weighted by atomic mass is 9.95. The van der Waals surface area contributed by atoms with Gasteiger partial charge in [0.1, 0.15) is 16.5 Å². The second-order valence-electron chi connectivity index (χ2n) is 4.46. The summed E-state index contributed by atoms with van der Waals surface area (Å²) in [5, 5.41) is 18.8. The maximum atomic E-state index is 13.7. The maximum absolute atomic E-state index is 13.7. The predicted molar refractivity (Wildman–Crippen MR) is 59.7 cm³/mol. The van der Waals surface area contributed by atoms with Crippen LogP contribution in [0.25, 0.3) is 0 Å². The zero-order valence-electron chi connectivity index (χ0n) is 9.47. The van der Waals surface area contributed by atoms with E-state index in [4.69, 9.17) is 5.11 Å². The number of phenolic OH excluding ortho intramolecular Hbond substituents is 1. The molecule has 18 heavy (non-hydrogen) atoms. The molecule has 0 aliphatic heterocycles. The highest BCUT2D eigenvalue weighted by atomic mass is 32.2. The van der Waals surface area contributed by atoms with Gasteiger partial charge >= 0.3 is 5.97 Å². The minimum atomic E-state index is -3.80. The molecule has 0 atom stereocenters. The number of hydrogen-bond acceptors (Lipinski definition) is 4. The Hall–Kier alpha value is -1.63. The molecular formula is C11H11FO5S. The third-order valence-corrected chi connectivity index (χ3v) is 4.24. The van der Waals surface area contributed by atoms with Gasteiger partial charge < -0.3 is 10.2 Å². The van der Waals surface area contributed by atoms with Crippen molar-refractivity contribution in [1.82, 2.24) is 0 Å². The molecule has 0 heterocycles. The highest BCUT2D eigenvalue weighted by molar-refractivity contribution is 7.90. The van der Waals surface area contributed by atoms with E-state index < -0.39 is 37.7 Å². The second-order valence-corrected chi connectivity index (χ2v) is 6.44. The van der Waals surface area contributed by atoms with Crippen molar-refractivity contribution in [2.75, 3.05) is 6.26 Å². The summed E-state index contributed by atoms with van der Waals surface area (Å²) >= 11 is 0. The second kappa shape index (κ2) is 3.68. The Morgan fingerprint density at radius 1 is 1.39 bits per heavy atom. The number of sulfone groups is 1. The van der Waals surface area contributed by atoms with Crippen LogP contribution >= 0.6 is 0 Å². The third kappa shape index (κ3) is 1.84. The lowest BCUT2D eigenvalue weighted by molar-refractivity contribution is -0.140. The summed E-state index contributed by atoms with van der Waals surface area (Å²) in [6.45, 7) is 0. The predicted octanol–water partition coefficient (Wildman–Crippen LogP) is 1.05. The Morgan fingerprint density at radius 2 is 1.94 bits per heavy atom. The van der Waals surface area contributed by atoms with Crippen LogP contribution in [0.15, 0.2) is 17.0 Å². The number of rotatable bonds is 3. The van der Waals surface area contributed by atoms with Crippen LogP contribution in [0.5, 0.6) is 5.75 Å². The van der Waals surface area contributed by atoms with Gasteiger partial charge in [0.05, 0.1) is 5.41 Å². The molecule has 0 spiro atoms. The van der Waals surface area contributed by atoms with E-state index in [1.54, 1.807) is 0 Å². The first-order valence-corrected chi connectivity index (χ1v) is 7.04. The van der Waals surface area contributed by atoms with Gasteiger partial charge in [-0.15, -0.1) is 0 Å². The van der Waals surface area contributed by atoms with E-state index >= 15 is 0 Å². The molecule has 1 aromatic rings. The molecule has 2 rings (SSSR count). The molecule has 98 valence electrons. The Kier molecular flexibility index (Phi) is 2.62. The number of hydrogen-bond donors (Lipinski definition) is 2. The summed E-state index contributed by atoms with van der Waals surface area (Å²) in [6, 6.07) is 1.57. The van der Waals surface area contributed by atoms with Gasteiger partial charge in [0.2, 0.25) is 0 Å². The number of benzene rings is 1. The first-order chi connectivity index (χ1) is 8.18. The maximum Gasteiger partial charge on any atom is 0.314 e. The zero-order chi connectivity index (χ0) is 13.7. The number of halogens is 1. The summed E-state index contributed by atoms with van der Waals surface area (Å²) in [6.07, 6.45) is 1.41. The lowest BCUT2D eigenvalue weighted by Crippen LogP contribution is -2.20. The molecule has 0 amide bonds. The van der Waals surface area contributed by atoms with Crippen molar-refractivity contribution >= 4 is 15.8 Å². The number of aromatic hydroxyl groups is 1. The van der Waals surface area contributed by atoms with Crippen LogP contribution < -0.4 is 0 Å². The van der Waals surface area contributed by atoms with E-state index in [2.05, 4.69) is 0 Å². The molecular weight excluding hydrogens is 263 g/mol. The highest BCUT2D eigenvalue weighted by Gasteiger charge is 2.53. The minimum absolute atomic E-state index is 0.0695. The van der Waals surface area contributed by atoms with E-state index in [9.17, 15) is 22.7 Å². The van der Waals surface area contributed by atoms with E-state index in [1.165, 1.54) is 0 Å². The van der Waals surface area contributed by atoms with Crippen molar-refractivity contribution in [3.8, 4) is 5.75 Å². The molecule has 0 aromatic heterocycles. The van der Waals surface area contributed by atoms with Crippen molar-refractivity contribution in [3.63, 3.8) is 0 Å². The Bertz CT molecular complexity index is 631. The van der Waals surface area contributed by atoms with E-state index in [0.29, 0.717) is 12.8 Å². The quantitative estimate of drug-likeness (QED) is 0.859. The molecule has 1 aliphatic rings. The van der Waals surface area contributed by atoms with Gasteiger partial charge in [-0.05, 0) is 18.9 Å². The van der Waals surface area contributed by atoms with Crippen molar-refractivity contribution < 1.29 is 27.8 Å². The van der Waals surface area contributed by atoms with Crippen LogP contribution in [0, 0.1) is 5.82 Å². The van der Waals surface area contributed by atoms with Crippen molar-refractivity contribution in [1.29, 1.82) is 0 Å². The van der Waals surface area contributed by atoms with Crippen LogP contribution in [0.3, 0.4) is 0 Å². The minimum Gasteiger partial charge on any atom is -0.508 e. The Morgan fingerprint density at radius 3 is 2.33 bits per heavy atom. The van der Waals surface area contributed by atoms with Crippen molar-refractivity contribution in [2.24, 2.45) is 0 Å². The van der Waals surface area contributed by atoms with Gasteiger partial charge in [-0.2, -0.15) is 0 Å². The van der Waals surface area contributed by atoms with Crippen molar-refractivity contribution in [2.45, 2.75) is 23.2 Å². The molecule has 1 fully saturated rings. The first kappa shape index (κ1) is 12.8. The van der Waals surface area contributed by atoms with E-state index in [0.717, 1.165) is 18.4 Å². The highest BCUT2D eigenvalue weighted by Crippen LogP contribution is 2.51. The number of phenols is 1. The van der Waals surface area contributed by atoms with Crippen LogP contribution in [-0.4, -0.2) is 30.9 Å². The number of aliphatic carboxylic acids is 1. The van der Waals surface area contributed by atoms with E-state index in [1.807, 2.05) is 0 Å². The lowest BCUT2D eigenvalue weighted by Gasteiger charge is -2.13. The topological polar surface area (TPSA) is 91.7 Å². The van der Waals surface area contributed by atoms with Crippen LogP contribution in [-0.2, 0) is 20.0 Å². The summed E-state index contributed by atoms with van der Waals surface area (Å²) in [7, 11) is -3.80. The summed E-state index contributed by atoms with van der Waals surface area (Å²) in [5.41, 5.74) is -1.35. The Balaban J connectivity index is 2.62. The SMILES string of the molecule is CS(=O)(=O)c1cc(O)c(C2(C(=O)O)CC2)cc1F. The molecule has 0 bridgehead atoms. The smallest absolute Gasteiger partial charge is 0.314 e. The number of carbonyl (C=O) groups is 1. The molecule has 1 aliphatic carbocycles. The summed E-state index contributed by atoms with van der Waals surface area (Å²) in [5.74, 6) is -2.70. The van der Waals surface area contributed by atoms with Crippen LogP contribution in [0.1, 0.15) is 18.4 Å². The fourth-order valence-electron chi connectivity index (χ4n) is 1.93. The molecule has 7 heteroatoms. The van der Waals surface area contributed by atoms with Gasteiger partial charge in [0, 0.05) is 17.9 Å². The summed E-state index contributed by atoms with van der Waals surface area (Å²) in [4.78, 5) is 10.4. The molecule has 0 unspecified atom stereocenters. The third-order valence-electron chi connectivity index (χ3n) is 3.12. The van der Waals surface area contributed by atoms with Gasteiger partial charge in [-0.25, -0.2) is 12.8 Å². The average Bonchev–Trinajstić information content (AvgIpc) is 3.00. The summed E-state index contributed by atoms with van der Waals surface area (Å²) < 4.78 is 36.2. The van der Waals surface area contributed by atoms with Gasteiger partial charge in [-0.1, -0.05) is 0 Å². The zero-order valence-corrected chi connectivity index (χ0v) is 10.3.